The molecule has 0 saturated heterocycles. The van der Waals surface area contributed by atoms with Crippen LogP contribution >= 0.6 is 0 Å². The molecule has 287 valence electrons. The number of anilines is 5. The summed E-state index contributed by atoms with van der Waals surface area (Å²) < 4.78 is 0. The Bertz CT molecular complexity index is 3320. The van der Waals surface area contributed by atoms with E-state index in [0.29, 0.717) is 0 Å². The van der Waals surface area contributed by atoms with Crippen molar-refractivity contribution in [2.45, 2.75) is 5.41 Å². The Hall–Kier alpha value is -7.88. The number of fused-ring (bicyclic) bond motifs is 13. The van der Waals surface area contributed by atoms with E-state index in [1.807, 2.05) is 0 Å². The van der Waals surface area contributed by atoms with Crippen molar-refractivity contribution in [2.75, 3.05) is 10.2 Å². The molecule has 2 nitrogen and oxygen atoms in total. The third-order valence-electron chi connectivity index (χ3n) is 13.4. The molecule has 10 aromatic carbocycles. The van der Waals surface area contributed by atoms with Crippen molar-refractivity contribution in [3.05, 3.63) is 247 Å². The lowest BCUT2D eigenvalue weighted by atomic mass is 9.54. The van der Waals surface area contributed by atoms with Crippen molar-refractivity contribution in [1.82, 2.24) is 0 Å². The van der Waals surface area contributed by atoms with Gasteiger partial charge in [0.25, 0.3) is 0 Å². The summed E-state index contributed by atoms with van der Waals surface area (Å²) in [4.78, 5) is 2.60. The molecule has 13 rings (SSSR count). The van der Waals surface area contributed by atoms with E-state index in [2.05, 4.69) is 242 Å². The highest BCUT2D eigenvalue weighted by Gasteiger charge is 2.53. The molecular weight excluding hydrogens is 747 g/mol. The SMILES string of the molecule is [B]1c2cccc3c2N(c2ccccc2C32c3ccccc3-c3ccccc32)c2c1c(-c1ccccc1Nc1cc(-c3ccccc3)cc(-c3ccccc3)c1)cc1ccccc21. The molecular formula is C59H38BN2. The summed E-state index contributed by atoms with van der Waals surface area (Å²) in [6.07, 6.45) is 0. The summed E-state index contributed by atoms with van der Waals surface area (Å²) in [5.41, 5.74) is 22.7. The summed E-state index contributed by atoms with van der Waals surface area (Å²) in [7, 11) is 2.46. The van der Waals surface area contributed by atoms with Gasteiger partial charge in [-0.2, -0.15) is 0 Å². The summed E-state index contributed by atoms with van der Waals surface area (Å²) in [6.45, 7) is 0. The summed E-state index contributed by atoms with van der Waals surface area (Å²) in [5, 5.41) is 6.39. The first-order valence-corrected chi connectivity index (χ1v) is 21.5. The molecule has 1 spiro atoms. The number of nitrogens with zero attached hydrogens (tertiary/aromatic N) is 1. The van der Waals surface area contributed by atoms with Crippen LogP contribution in [0.1, 0.15) is 22.3 Å². The zero-order valence-corrected chi connectivity index (χ0v) is 33.9. The zero-order chi connectivity index (χ0) is 40.8. The predicted octanol–water partition coefficient (Wildman–Crippen LogP) is 13.7. The predicted molar refractivity (Wildman–Crippen MR) is 261 cm³/mol. The highest BCUT2D eigenvalue weighted by atomic mass is 15.2. The minimum Gasteiger partial charge on any atom is -0.355 e. The largest absolute Gasteiger partial charge is 0.355 e. The maximum Gasteiger partial charge on any atom is 0.197 e. The van der Waals surface area contributed by atoms with Crippen molar-refractivity contribution in [3.63, 3.8) is 0 Å². The van der Waals surface area contributed by atoms with Crippen LogP contribution in [0.2, 0.25) is 0 Å². The number of para-hydroxylation sites is 3. The molecule has 3 heteroatoms. The normalized spacial score (nSPS) is 13.4. The van der Waals surface area contributed by atoms with Crippen molar-refractivity contribution in [3.8, 4) is 44.5 Å². The van der Waals surface area contributed by atoms with Gasteiger partial charge in [0.1, 0.15) is 0 Å². The van der Waals surface area contributed by atoms with Gasteiger partial charge in [0.05, 0.1) is 11.1 Å². The second-order valence-corrected chi connectivity index (χ2v) is 16.7. The first-order chi connectivity index (χ1) is 30.8. The number of benzene rings is 10. The average Bonchev–Trinajstić information content (AvgIpc) is 3.63. The molecule has 0 amide bonds. The minimum absolute atomic E-state index is 0.464. The Kier molecular flexibility index (Phi) is 7.65. The Morgan fingerprint density at radius 2 is 0.952 bits per heavy atom. The van der Waals surface area contributed by atoms with Crippen molar-refractivity contribution >= 4 is 57.4 Å². The average molecular weight is 786 g/mol. The number of nitrogens with one attached hydrogen (secondary N) is 1. The Labute approximate surface area is 362 Å². The van der Waals surface area contributed by atoms with Gasteiger partial charge in [-0.3, -0.25) is 0 Å². The van der Waals surface area contributed by atoms with E-state index in [0.717, 1.165) is 16.9 Å². The van der Waals surface area contributed by atoms with E-state index in [9.17, 15) is 0 Å². The first-order valence-electron chi connectivity index (χ1n) is 21.5. The lowest BCUT2D eigenvalue weighted by Crippen LogP contribution is -2.47. The van der Waals surface area contributed by atoms with E-state index in [-0.39, 0.29) is 0 Å². The van der Waals surface area contributed by atoms with Crippen LogP contribution in [0.3, 0.4) is 0 Å². The molecule has 0 aromatic heterocycles. The summed E-state index contributed by atoms with van der Waals surface area (Å²) >= 11 is 0. The van der Waals surface area contributed by atoms with Gasteiger partial charge >= 0.3 is 0 Å². The second-order valence-electron chi connectivity index (χ2n) is 16.7. The van der Waals surface area contributed by atoms with Crippen LogP contribution in [0.25, 0.3) is 55.3 Å². The van der Waals surface area contributed by atoms with E-state index < -0.39 is 5.41 Å². The van der Waals surface area contributed by atoms with Gasteiger partial charge in [0.15, 0.2) is 7.28 Å². The third-order valence-corrected chi connectivity index (χ3v) is 13.4. The van der Waals surface area contributed by atoms with Gasteiger partial charge in [0, 0.05) is 33.7 Å². The molecule has 1 aliphatic carbocycles. The van der Waals surface area contributed by atoms with E-state index in [1.165, 1.54) is 100.0 Å². The molecule has 3 aliphatic rings. The quantitative estimate of drug-likeness (QED) is 0.175. The molecule has 2 aliphatic heterocycles. The lowest BCUT2D eigenvalue weighted by Gasteiger charge is -2.48. The van der Waals surface area contributed by atoms with Gasteiger partial charge in [-0.15, -0.1) is 0 Å². The molecule has 0 unspecified atom stereocenters. The number of hydrogen-bond acceptors (Lipinski definition) is 2. The van der Waals surface area contributed by atoms with E-state index >= 15 is 0 Å². The lowest BCUT2D eigenvalue weighted by molar-refractivity contribution is 0.754. The third kappa shape index (κ3) is 5.00. The Morgan fingerprint density at radius 3 is 1.66 bits per heavy atom. The van der Waals surface area contributed by atoms with Crippen LogP contribution < -0.4 is 21.1 Å². The van der Waals surface area contributed by atoms with Crippen LogP contribution in [0.5, 0.6) is 0 Å². The van der Waals surface area contributed by atoms with Gasteiger partial charge in [-0.25, -0.2) is 0 Å². The van der Waals surface area contributed by atoms with Crippen molar-refractivity contribution in [2.24, 2.45) is 0 Å². The maximum absolute atomic E-state index is 3.95. The number of rotatable bonds is 5. The van der Waals surface area contributed by atoms with Gasteiger partial charge in [-0.1, -0.05) is 194 Å². The fourth-order valence-electron chi connectivity index (χ4n) is 10.9. The second kappa shape index (κ2) is 13.6. The topological polar surface area (TPSA) is 15.3 Å². The molecule has 0 saturated carbocycles. The highest BCUT2D eigenvalue weighted by molar-refractivity contribution is 6.74. The van der Waals surface area contributed by atoms with E-state index in [1.54, 1.807) is 0 Å². The molecule has 1 N–H and O–H groups in total. The van der Waals surface area contributed by atoms with Crippen LogP contribution in [-0.2, 0) is 5.41 Å². The molecule has 2 heterocycles. The highest BCUT2D eigenvalue weighted by Crippen LogP contribution is 2.63. The summed E-state index contributed by atoms with van der Waals surface area (Å²) in [6, 6.07) is 82.6. The molecule has 0 atom stereocenters. The molecule has 0 fully saturated rings. The fraction of sp³-hybridized carbons (Fsp3) is 0.0169. The maximum atomic E-state index is 3.95. The van der Waals surface area contributed by atoms with Crippen LogP contribution in [0, 0.1) is 0 Å². The standard InChI is InChI=1S/C59H38BN2/c1-3-18-38(19-4-1)41-34-42(39-20-5-2-6-21-39)36-43(35-41)61-54-32-15-11-26-47(54)48-37-40-22-7-8-23-44(40)57-56(48)60-53-31-17-30-52-58(53)62(57)55-33-16-14-29-51(55)59(52)49-27-12-9-24-45(49)46-25-10-13-28-50(46)59/h1-37,61H. The Morgan fingerprint density at radius 1 is 0.387 bits per heavy atom. The monoisotopic (exact) mass is 785 g/mol. The molecule has 1 radical (unpaired) electrons. The van der Waals surface area contributed by atoms with Gasteiger partial charge in [-0.05, 0) is 108 Å². The smallest absolute Gasteiger partial charge is 0.197 e. The van der Waals surface area contributed by atoms with Crippen LogP contribution in [0.15, 0.2) is 224 Å². The van der Waals surface area contributed by atoms with Crippen LogP contribution in [-0.4, -0.2) is 7.28 Å². The van der Waals surface area contributed by atoms with Gasteiger partial charge < -0.3 is 10.2 Å². The first kappa shape index (κ1) is 34.9. The molecule has 0 bridgehead atoms. The minimum atomic E-state index is -0.464. The van der Waals surface area contributed by atoms with E-state index in [4.69, 9.17) is 0 Å². The van der Waals surface area contributed by atoms with Crippen LogP contribution in [0.4, 0.5) is 28.4 Å². The van der Waals surface area contributed by atoms with Crippen molar-refractivity contribution in [1.29, 1.82) is 0 Å². The molecule has 10 aromatic rings. The fourth-order valence-corrected chi connectivity index (χ4v) is 10.9. The zero-order valence-electron chi connectivity index (χ0n) is 33.9. The van der Waals surface area contributed by atoms with Crippen molar-refractivity contribution < 1.29 is 0 Å². The summed E-state index contributed by atoms with van der Waals surface area (Å²) in [5.74, 6) is 0. The molecule has 62 heavy (non-hydrogen) atoms. The Balaban J connectivity index is 1.03. The van der Waals surface area contributed by atoms with Gasteiger partial charge in [0.2, 0.25) is 0 Å². The number of hydrogen-bond donors (Lipinski definition) is 1.